The first kappa shape index (κ1) is 21.9. The zero-order valence-electron chi connectivity index (χ0n) is 16.3. The monoisotopic (exact) mass is 486 g/mol. The number of benzene rings is 1. The number of nitrogens with zero attached hydrogens (tertiary/aromatic N) is 2. The maximum absolute atomic E-state index is 12.5. The van der Waals surface area contributed by atoms with E-state index in [4.69, 9.17) is 4.74 Å². The highest BCUT2D eigenvalue weighted by molar-refractivity contribution is 14.0. The number of carbonyl (C=O) groups excluding carboxylic acids is 1. The van der Waals surface area contributed by atoms with Crippen molar-refractivity contribution in [3.63, 3.8) is 0 Å². The molecule has 0 spiro atoms. The Kier molecular flexibility index (Phi) is 8.34. The first-order valence-corrected chi connectivity index (χ1v) is 9.58. The topological polar surface area (TPSA) is 66.0 Å². The van der Waals surface area contributed by atoms with Crippen LogP contribution in [0.1, 0.15) is 38.2 Å². The normalized spacial score (nSPS) is 21.6. The molecule has 0 aliphatic carbocycles. The van der Waals surface area contributed by atoms with Crippen molar-refractivity contribution in [2.75, 3.05) is 38.2 Å². The van der Waals surface area contributed by atoms with Crippen LogP contribution in [0.4, 0.5) is 5.69 Å². The zero-order chi connectivity index (χ0) is 18.4. The third kappa shape index (κ3) is 5.81. The van der Waals surface area contributed by atoms with E-state index < -0.39 is 0 Å². The highest BCUT2D eigenvalue weighted by Crippen LogP contribution is 2.28. The molecule has 1 aromatic rings. The van der Waals surface area contributed by atoms with Gasteiger partial charge in [0, 0.05) is 45.4 Å². The minimum atomic E-state index is -0.100. The summed E-state index contributed by atoms with van der Waals surface area (Å²) in [7, 11) is 1.76. The van der Waals surface area contributed by atoms with Gasteiger partial charge in [-0.1, -0.05) is 18.2 Å². The van der Waals surface area contributed by atoms with Gasteiger partial charge in [0.25, 0.3) is 0 Å². The zero-order valence-corrected chi connectivity index (χ0v) is 18.6. The van der Waals surface area contributed by atoms with Crippen molar-refractivity contribution in [2.24, 2.45) is 4.99 Å². The van der Waals surface area contributed by atoms with Crippen molar-refractivity contribution in [1.29, 1.82) is 0 Å². The summed E-state index contributed by atoms with van der Waals surface area (Å²) in [6, 6.07) is 8.17. The number of amides is 1. The standard InChI is InChI=1S/C20H30N4O2.HI/c1-20(11-6-14-26-20)15-23-19(21-2)22-12-5-9-18(25)24-13-10-16-7-3-4-8-17(16)24;/h3-4,7-8H,5-6,9-15H2,1-2H3,(H2,21,22,23);1H. The molecule has 1 fully saturated rings. The van der Waals surface area contributed by atoms with Gasteiger partial charge in [0.05, 0.1) is 5.60 Å². The summed E-state index contributed by atoms with van der Waals surface area (Å²) in [6.45, 7) is 5.24. The molecule has 1 unspecified atom stereocenters. The lowest BCUT2D eigenvalue weighted by Crippen LogP contribution is -2.45. The average molecular weight is 486 g/mol. The van der Waals surface area contributed by atoms with Gasteiger partial charge in [-0.3, -0.25) is 9.79 Å². The number of guanidine groups is 1. The van der Waals surface area contributed by atoms with E-state index >= 15 is 0 Å². The Hall–Kier alpha value is -1.35. The molecule has 27 heavy (non-hydrogen) atoms. The van der Waals surface area contributed by atoms with Crippen LogP contribution in [0, 0.1) is 0 Å². The average Bonchev–Trinajstić information content (AvgIpc) is 3.27. The maximum atomic E-state index is 12.5. The van der Waals surface area contributed by atoms with Crippen molar-refractivity contribution in [3.05, 3.63) is 29.8 Å². The number of anilines is 1. The number of hydrogen-bond donors (Lipinski definition) is 2. The molecular weight excluding hydrogens is 455 g/mol. The second kappa shape index (κ2) is 10.3. The summed E-state index contributed by atoms with van der Waals surface area (Å²) >= 11 is 0. The fourth-order valence-electron chi connectivity index (χ4n) is 3.65. The van der Waals surface area contributed by atoms with Gasteiger partial charge in [-0.2, -0.15) is 0 Å². The summed E-state index contributed by atoms with van der Waals surface area (Å²) in [4.78, 5) is 18.7. The Morgan fingerprint density at radius 3 is 2.89 bits per heavy atom. The molecule has 3 rings (SSSR count). The van der Waals surface area contributed by atoms with Crippen molar-refractivity contribution >= 4 is 41.5 Å². The van der Waals surface area contributed by atoms with Gasteiger partial charge < -0.3 is 20.3 Å². The molecule has 2 N–H and O–H groups in total. The third-order valence-electron chi connectivity index (χ3n) is 5.20. The van der Waals surface area contributed by atoms with E-state index in [0.29, 0.717) is 6.42 Å². The molecule has 1 saturated heterocycles. The SMILES string of the molecule is CN=C(NCCCC(=O)N1CCc2ccccc21)NCC1(C)CCCO1.I. The summed E-state index contributed by atoms with van der Waals surface area (Å²) in [5.74, 6) is 0.965. The molecule has 1 amide bonds. The molecule has 0 radical (unpaired) electrons. The highest BCUT2D eigenvalue weighted by atomic mass is 127. The van der Waals surface area contributed by atoms with Crippen molar-refractivity contribution in [2.45, 2.75) is 44.6 Å². The van der Waals surface area contributed by atoms with Gasteiger partial charge in [-0.15, -0.1) is 24.0 Å². The number of aliphatic imine (C=N–C) groups is 1. The van der Waals surface area contributed by atoms with Crippen LogP contribution in [-0.2, 0) is 16.0 Å². The number of halogens is 1. The predicted molar refractivity (Wildman–Crippen MR) is 120 cm³/mol. The molecule has 7 heteroatoms. The highest BCUT2D eigenvalue weighted by Gasteiger charge is 2.29. The molecule has 0 bridgehead atoms. The fraction of sp³-hybridized carbons (Fsp3) is 0.600. The molecule has 6 nitrogen and oxygen atoms in total. The van der Waals surface area contributed by atoms with Crippen molar-refractivity contribution in [1.82, 2.24) is 10.6 Å². The Morgan fingerprint density at radius 1 is 1.33 bits per heavy atom. The minimum absolute atomic E-state index is 0. The quantitative estimate of drug-likeness (QED) is 0.281. The van der Waals surface area contributed by atoms with Gasteiger partial charge in [-0.05, 0) is 44.2 Å². The second-order valence-corrected chi connectivity index (χ2v) is 7.28. The van der Waals surface area contributed by atoms with Gasteiger partial charge >= 0.3 is 0 Å². The lowest BCUT2D eigenvalue weighted by atomic mass is 10.0. The van der Waals surface area contributed by atoms with Crippen LogP contribution in [0.2, 0.25) is 0 Å². The number of carbonyl (C=O) groups is 1. The molecule has 2 aliphatic heterocycles. The Labute approximate surface area is 179 Å². The predicted octanol–water partition coefficient (Wildman–Crippen LogP) is 2.71. The fourth-order valence-corrected chi connectivity index (χ4v) is 3.65. The number of nitrogens with one attached hydrogen (secondary N) is 2. The van der Waals surface area contributed by atoms with Crippen LogP contribution in [0.15, 0.2) is 29.3 Å². The van der Waals surface area contributed by atoms with Crippen LogP contribution in [0.3, 0.4) is 0 Å². The summed E-state index contributed by atoms with van der Waals surface area (Å²) in [5, 5.41) is 6.61. The van der Waals surface area contributed by atoms with Gasteiger partial charge in [-0.25, -0.2) is 0 Å². The number of fused-ring (bicyclic) bond motifs is 1. The van der Waals surface area contributed by atoms with E-state index in [1.54, 1.807) is 7.05 Å². The van der Waals surface area contributed by atoms with E-state index in [0.717, 1.165) is 63.6 Å². The minimum Gasteiger partial charge on any atom is -0.373 e. The maximum Gasteiger partial charge on any atom is 0.227 e. The Balaban J connectivity index is 0.00000261. The molecular formula is C20H31IN4O2. The molecule has 2 aliphatic rings. The molecule has 150 valence electrons. The molecule has 1 aromatic carbocycles. The van der Waals surface area contributed by atoms with Crippen LogP contribution in [-0.4, -0.2) is 50.8 Å². The van der Waals surface area contributed by atoms with E-state index in [9.17, 15) is 4.79 Å². The first-order chi connectivity index (χ1) is 12.6. The smallest absolute Gasteiger partial charge is 0.227 e. The third-order valence-corrected chi connectivity index (χ3v) is 5.20. The van der Waals surface area contributed by atoms with Crippen LogP contribution in [0.25, 0.3) is 0 Å². The number of rotatable bonds is 6. The van der Waals surface area contributed by atoms with Gasteiger partial charge in [0.1, 0.15) is 0 Å². The number of hydrogen-bond acceptors (Lipinski definition) is 3. The lowest BCUT2D eigenvalue weighted by Gasteiger charge is -2.24. The van der Waals surface area contributed by atoms with E-state index in [2.05, 4.69) is 28.6 Å². The molecule has 0 saturated carbocycles. The summed E-state index contributed by atoms with van der Waals surface area (Å²) in [5.41, 5.74) is 2.25. The molecule has 2 heterocycles. The summed E-state index contributed by atoms with van der Waals surface area (Å²) in [6.07, 6.45) is 4.47. The van der Waals surface area contributed by atoms with Crippen molar-refractivity contribution in [3.8, 4) is 0 Å². The molecule has 0 aromatic heterocycles. The largest absolute Gasteiger partial charge is 0.373 e. The van der Waals surface area contributed by atoms with Gasteiger partial charge in [0.2, 0.25) is 5.91 Å². The Bertz CT molecular complexity index is 659. The first-order valence-electron chi connectivity index (χ1n) is 9.58. The molecule has 1 atom stereocenters. The lowest BCUT2D eigenvalue weighted by molar-refractivity contribution is -0.118. The van der Waals surface area contributed by atoms with E-state index in [-0.39, 0.29) is 35.5 Å². The Morgan fingerprint density at radius 2 is 2.15 bits per heavy atom. The second-order valence-electron chi connectivity index (χ2n) is 7.28. The van der Waals surface area contributed by atoms with Crippen molar-refractivity contribution < 1.29 is 9.53 Å². The van der Waals surface area contributed by atoms with E-state index in [1.807, 2.05) is 23.1 Å². The van der Waals surface area contributed by atoms with Gasteiger partial charge in [0.15, 0.2) is 5.96 Å². The van der Waals surface area contributed by atoms with Crippen LogP contribution < -0.4 is 15.5 Å². The summed E-state index contributed by atoms with van der Waals surface area (Å²) < 4.78 is 5.78. The number of ether oxygens (including phenoxy) is 1. The van der Waals surface area contributed by atoms with E-state index in [1.165, 1.54) is 5.56 Å². The van der Waals surface area contributed by atoms with Crippen LogP contribution >= 0.6 is 24.0 Å². The van der Waals surface area contributed by atoms with Crippen LogP contribution in [0.5, 0.6) is 0 Å². The number of para-hydroxylation sites is 1.